The maximum absolute atomic E-state index is 12.4. The lowest BCUT2D eigenvalue weighted by Gasteiger charge is -2.06. The van der Waals surface area contributed by atoms with E-state index in [1.807, 2.05) is 19.1 Å². The second-order valence-electron chi connectivity index (χ2n) is 6.34. The zero-order chi connectivity index (χ0) is 21.7. The quantitative estimate of drug-likeness (QED) is 0.275. The summed E-state index contributed by atoms with van der Waals surface area (Å²) < 4.78 is 10.9. The number of nitrogens with zero attached hydrogens (tertiary/aromatic N) is 2. The van der Waals surface area contributed by atoms with Crippen molar-refractivity contribution in [1.82, 2.24) is 0 Å². The number of anilines is 1. The van der Waals surface area contributed by atoms with Crippen LogP contribution >= 0.6 is 0 Å². The van der Waals surface area contributed by atoms with Crippen LogP contribution in [0.2, 0.25) is 0 Å². The Balaban J connectivity index is 1.88. The molecule has 0 saturated carbocycles. The minimum atomic E-state index is -0.575. The number of non-ortho nitro benzene ring substituents is 1. The van der Waals surface area contributed by atoms with Gasteiger partial charge < -0.3 is 14.5 Å². The largest absolute Gasteiger partial charge is 0.496 e. The number of nitro groups is 1. The first kappa shape index (κ1) is 20.4. The second-order valence-corrected chi connectivity index (χ2v) is 6.34. The van der Waals surface area contributed by atoms with E-state index in [-0.39, 0.29) is 17.0 Å². The highest BCUT2D eigenvalue weighted by Crippen LogP contribution is 2.34. The molecule has 3 aromatic rings. The highest BCUT2D eigenvalue weighted by Gasteiger charge is 2.17. The van der Waals surface area contributed by atoms with Crippen molar-refractivity contribution in [2.75, 3.05) is 12.4 Å². The Morgan fingerprint density at radius 2 is 2.03 bits per heavy atom. The topological polar surface area (TPSA) is 118 Å². The number of carbonyl (C=O) groups is 1. The van der Waals surface area contributed by atoms with Crippen molar-refractivity contribution >= 4 is 23.4 Å². The SMILES string of the molecule is COc1ccc([N+](=O)[O-])cc1-c1ccc(/C=C(/C#N)C(=O)Nc2cccc(C)c2)o1. The van der Waals surface area contributed by atoms with Gasteiger partial charge in [0.05, 0.1) is 17.6 Å². The van der Waals surface area contributed by atoms with Gasteiger partial charge in [-0.3, -0.25) is 14.9 Å². The van der Waals surface area contributed by atoms with Crippen LogP contribution in [-0.2, 0) is 4.79 Å². The molecule has 0 radical (unpaired) electrons. The van der Waals surface area contributed by atoms with E-state index in [0.717, 1.165) is 5.56 Å². The van der Waals surface area contributed by atoms with Gasteiger partial charge in [0.2, 0.25) is 0 Å². The number of nitro benzene ring substituents is 1. The first-order valence-electron chi connectivity index (χ1n) is 8.83. The molecule has 8 heteroatoms. The summed E-state index contributed by atoms with van der Waals surface area (Å²) >= 11 is 0. The molecule has 1 amide bonds. The number of nitriles is 1. The normalized spacial score (nSPS) is 10.9. The van der Waals surface area contributed by atoms with Gasteiger partial charge in [-0.2, -0.15) is 5.26 Å². The van der Waals surface area contributed by atoms with Crippen molar-refractivity contribution in [3.63, 3.8) is 0 Å². The van der Waals surface area contributed by atoms with Crippen LogP contribution in [0.25, 0.3) is 17.4 Å². The zero-order valence-electron chi connectivity index (χ0n) is 16.2. The Bertz CT molecular complexity index is 1190. The van der Waals surface area contributed by atoms with E-state index in [0.29, 0.717) is 22.8 Å². The smallest absolute Gasteiger partial charge is 0.270 e. The van der Waals surface area contributed by atoms with Gasteiger partial charge in [-0.1, -0.05) is 12.1 Å². The number of methoxy groups -OCH3 is 1. The van der Waals surface area contributed by atoms with Crippen LogP contribution in [0, 0.1) is 28.4 Å². The molecule has 0 bridgehead atoms. The van der Waals surface area contributed by atoms with Crippen molar-refractivity contribution < 1.29 is 18.9 Å². The molecule has 0 aliphatic carbocycles. The lowest BCUT2D eigenvalue weighted by Crippen LogP contribution is -2.13. The van der Waals surface area contributed by atoms with Gasteiger partial charge in [0.1, 0.15) is 28.9 Å². The molecule has 2 aromatic carbocycles. The summed E-state index contributed by atoms with van der Waals surface area (Å²) in [5.74, 6) is 0.366. The first-order valence-corrected chi connectivity index (χ1v) is 8.83. The first-order chi connectivity index (χ1) is 14.4. The molecule has 0 aliphatic heterocycles. The molecular weight excluding hydrogens is 386 g/mol. The number of hydrogen-bond donors (Lipinski definition) is 1. The van der Waals surface area contributed by atoms with Crippen LogP contribution in [-0.4, -0.2) is 17.9 Å². The Hall–Kier alpha value is -4.38. The molecule has 0 fully saturated rings. The van der Waals surface area contributed by atoms with E-state index in [2.05, 4.69) is 5.32 Å². The summed E-state index contributed by atoms with van der Waals surface area (Å²) in [6.07, 6.45) is 1.30. The number of carbonyl (C=O) groups excluding carboxylic acids is 1. The average molecular weight is 403 g/mol. The van der Waals surface area contributed by atoms with E-state index >= 15 is 0 Å². The summed E-state index contributed by atoms with van der Waals surface area (Å²) in [6.45, 7) is 1.89. The third kappa shape index (κ3) is 4.54. The van der Waals surface area contributed by atoms with E-state index in [1.54, 1.807) is 30.3 Å². The fourth-order valence-corrected chi connectivity index (χ4v) is 2.79. The number of rotatable bonds is 6. The molecule has 8 nitrogen and oxygen atoms in total. The molecule has 1 heterocycles. The van der Waals surface area contributed by atoms with Gasteiger partial charge >= 0.3 is 0 Å². The predicted molar refractivity (Wildman–Crippen MR) is 111 cm³/mol. The molecular formula is C22H17N3O5. The number of ether oxygens (including phenoxy) is 1. The van der Waals surface area contributed by atoms with Crippen molar-refractivity contribution in [3.05, 3.63) is 81.6 Å². The van der Waals surface area contributed by atoms with E-state index in [4.69, 9.17) is 9.15 Å². The van der Waals surface area contributed by atoms with Gasteiger partial charge in [0.25, 0.3) is 11.6 Å². The minimum Gasteiger partial charge on any atom is -0.496 e. The highest BCUT2D eigenvalue weighted by molar-refractivity contribution is 6.09. The number of furan rings is 1. The van der Waals surface area contributed by atoms with Crippen LogP contribution in [0.1, 0.15) is 11.3 Å². The van der Waals surface area contributed by atoms with E-state index in [1.165, 1.54) is 31.4 Å². The molecule has 0 unspecified atom stereocenters. The van der Waals surface area contributed by atoms with Crippen molar-refractivity contribution in [3.8, 4) is 23.1 Å². The summed E-state index contributed by atoms with van der Waals surface area (Å²) in [5.41, 5.74) is 1.66. The molecule has 1 aromatic heterocycles. The Labute approximate surface area is 172 Å². The molecule has 30 heavy (non-hydrogen) atoms. The average Bonchev–Trinajstić information content (AvgIpc) is 3.19. The number of aryl methyl sites for hydroxylation is 1. The maximum atomic E-state index is 12.4. The molecule has 1 N–H and O–H groups in total. The fourth-order valence-electron chi connectivity index (χ4n) is 2.79. The van der Waals surface area contributed by atoms with E-state index in [9.17, 15) is 20.2 Å². The summed E-state index contributed by atoms with van der Waals surface area (Å²) in [7, 11) is 1.44. The number of hydrogen-bond acceptors (Lipinski definition) is 6. The fraction of sp³-hybridized carbons (Fsp3) is 0.0909. The van der Waals surface area contributed by atoms with Crippen molar-refractivity contribution in [2.45, 2.75) is 6.92 Å². The monoisotopic (exact) mass is 403 g/mol. The lowest BCUT2D eigenvalue weighted by atomic mass is 10.1. The molecule has 0 spiro atoms. The van der Waals surface area contributed by atoms with Crippen LogP contribution in [0.4, 0.5) is 11.4 Å². The van der Waals surface area contributed by atoms with Gasteiger partial charge in [-0.15, -0.1) is 0 Å². The summed E-state index contributed by atoms with van der Waals surface area (Å²) in [4.78, 5) is 23.0. The van der Waals surface area contributed by atoms with Crippen LogP contribution in [0.3, 0.4) is 0 Å². The number of benzene rings is 2. The minimum absolute atomic E-state index is 0.116. The molecule has 150 valence electrons. The summed E-state index contributed by atoms with van der Waals surface area (Å²) in [6, 6.07) is 16.3. The maximum Gasteiger partial charge on any atom is 0.270 e. The Morgan fingerprint density at radius 1 is 1.23 bits per heavy atom. The van der Waals surface area contributed by atoms with Gasteiger partial charge in [-0.25, -0.2) is 0 Å². The molecule has 0 aliphatic rings. The Morgan fingerprint density at radius 3 is 2.70 bits per heavy atom. The predicted octanol–water partition coefficient (Wildman–Crippen LogP) is 4.72. The van der Waals surface area contributed by atoms with Crippen LogP contribution in [0.15, 0.2) is 64.6 Å². The third-order valence-electron chi connectivity index (χ3n) is 4.21. The van der Waals surface area contributed by atoms with E-state index < -0.39 is 10.8 Å². The standard InChI is InChI=1S/C22H17N3O5/c1-14-4-3-5-16(10-14)24-22(26)15(13-23)11-18-7-9-21(30-18)19-12-17(25(27)28)6-8-20(19)29-2/h3-12H,1-2H3,(H,24,26)/b15-11-. The molecule has 0 atom stereocenters. The molecule has 0 saturated heterocycles. The van der Waals surface area contributed by atoms with Gasteiger partial charge in [0.15, 0.2) is 0 Å². The summed E-state index contributed by atoms with van der Waals surface area (Å²) in [5, 5.41) is 23.1. The molecule has 3 rings (SSSR count). The lowest BCUT2D eigenvalue weighted by molar-refractivity contribution is -0.384. The van der Waals surface area contributed by atoms with Crippen LogP contribution < -0.4 is 10.1 Å². The highest BCUT2D eigenvalue weighted by atomic mass is 16.6. The van der Waals surface area contributed by atoms with Crippen molar-refractivity contribution in [2.24, 2.45) is 0 Å². The van der Waals surface area contributed by atoms with Crippen molar-refractivity contribution in [1.29, 1.82) is 5.26 Å². The number of nitrogens with one attached hydrogen (secondary N) is 1. The number of amides is 1. The Kier molecular flexibility index (Phi) is 5.94. The van der Waals surface area contributed by atoms with Gasteiger partial charge in [0, 0.05) is 23.9 Å². The van der Waals surface area contributed by atoms with Gasteiger partial charge in [-0.05, 0) is 42.8 Å². The zero-order valence-corrected chi connectivity index (χ0v) is 16.2. The van der Waals surface area contributed by atoms with Crippen LogP contribution in [0.5, 0.6) is 5.75 Å². The third-order valence-corrected chi connectivity index (χ3v) is 4.21. The second kappa shape index (κ2) is 8.75.